The van der Waals surface area contributed by atoms with E-state index < -0.39 is 10.1 Å². The molecular formula is C20H24Cl2N2O4S. The number of benzene rings is 2. The minimum atomic E-state index is -3.58. The number of anilines is 1. The summed E-state index contributed by atoms with van der Waals surface area (Å²) in [6.07, 6.45) is 0. The predicted molar refractivity (Wildman–Crippen MR) is 117 cm³/mol. The summed E-state index contributed by atoms with van der Waals surface area (Å²) in [5, 5.41) is 3.48. The Bertz CT molecular complexity index is 927. The number of carbonyl (C=O) groups is 1. The van der Waals surface area contributed by atoms with Crippen molar-refractivity contribution in [3.05, 3.63) is 58.1 Å². The Hall–Kier alpha value is -1.96. The number of halogens is 2. The van der Waals surface area contributed by atoms with Crippen molar-refractivity contribution >= 4 is 45.0 Å². The zero-order chi connectivity index (χ0) is 21.6. The molecule has 6 nitrogen and oxygen atoms in total. The lowest BCUT2D eigenvalue weighted by Gasteiger charge is -2.25. The fraction of sp³-hybridized carbons (Fsp3) is 0.350. The predicted octanol–water partition coefficient (Wildman–Crippen LogP) is 5.41. The highest BCUT2D eigenvalue weighted by Crippen LogP contribution is 2.30. The van der Waals surface area contributed by atoms with E-state index in [0.717, 1.165) is 5.56 Å². The van der Waals surface area contributed by atoms with Gasteiger partial charge in [0.2, 0.25) is 0 Å². The van der Waals surface area contributed by atoms with Gasteiger partial charge in [0.05, 0.1) is 21.5 Å². The zero-order valence-corrected chi connectivity index (χ0v) is 18.8. The Morgan fingerprint density at radius 3 is 2.21 bits per heavy atom. The zero-order valence-electron chi connectivity index (χ0n) is 16.5. The van der Waals surface area contributed by atoms with Crippen LogP contribution >= 0.6 is 23.2 Å². The highest BCUT2D eigenvalue weighted by molar-refractivity contribution is 7.87. The second kappa shape index (κ2) is 10.2. The van der Waals surface area contributed by atoms with E-state index in [1.165, 1.54) is 6.92 Å². The van der Waals surface area contributed by atoms with Crippen molar-refractivity contribution < 1.29 is 17.4 Å². The molecule has 0 aliphatic heterocycles. The van der Waals surface area contributed by atoms with Gasteiger partial charge in [-0.15, -0.1) is 0 Å². The molecule has 0 radical (unpaired) electrons. The van der Waals surface area contributed by atoms with Crippen molar-refractivity contribution in [2.45, 2.75) is 27.3 Å². The molecule has 2 aromatic rings. The summed E-state index contributed by atoms with van der Waals surface area (Å²) in [7, 11) is -3.58. The van der Waals surface area contributed by atoms with E-state index in [-0.39, 0.29) is 23.5 Å². The first kappa shape index (κ1) is 23.3. The van der Waals surface area contributed by atoms with Crippen LogP contribution in [0.1, 0.15) is 26.3 Å². The molecule has 0 heterocycles. The van der Waals surface area contributed by atoms with Gasteiger partial charge in [0, 0.05) is 13.1 Å². The lowest BCUT2D eigenvalue weighted by atomic mass is 10.1. The van der Waals surface area contributed by atoms with Crippen LogP contribution in [0.3, 0.4) is 0 Å². The fourth-order valence-electron chi connectivity index (χ4n) is 2.54. The van der Waals surface area contributed by atoms with Gasteiger partial charge in [-0.1, -0.05) is 55.2 Å². The van der Waals surface area contributed by atoms with Gasteiger partial charge in [-0.2, -0.15) is 8.42 Å². The van der Waals surface area contributed by atoms with E-state index in [2.05, 4.69) is 5.32 Å². The first-order valence-electron chi connectivity index (χ1n) is 9.12. The Labute approximate surface area is 181 Å². The van der Waals surface area contributed by atoms with E-state index in [4.69, 9.17) is 27.4 Å². The molecule has 0 aliphatic carbocycles. The highest BCUT2D eigenvalue weighted by atomic mass is 35.5. The van der Waals surface area contributed by atoms with Crippen LogP contribution in [-0.4, -0.2) is 31.6 Å². The van der Waals surface area contributed by atoms with Crippen LogP contribution in [0.25, 0.3) is 0 Å². The normalized spacial score (nSPS) is 11.4. The van der Waals surface area contributed by atoms with Crippen molar-refractivity contribution in [2.75, 3.05) is 17.6 Å². The summed E-state index contributed by atoms with van der Waals surface area (Å²) in [5.41, 5.74) is 1.19. The average Bonchev–Trinajstić information content (AvgIpc) is 2.65. The molecular weight excluding hydrogens is 435 g/mol. The Kier molecular flexibility index (Phi) is 8.19. The maximum absolute atomic E-state index is 12.8. The number of hydrogen-bond donors (Lipinski definition) is 1. The Morgan fingerprint density at radius 2 is 1.69 bits per heavy atom. The number of carbonyl (C=O) groups excluding carboxylic acids is 1. The Balaban J connectivity index is 2.15. The molecule has 0 saturated heterocycles. The molecule has 9 heteroatoms. The summed E-state index contributed by atoms with van der Waals surface area (Å²) >= 11 is 12.3. The first-order chi connectivity index (χ1) is 13.6. The minimum Gasteiger partial charge on any atom is -0.382 e. The maximum atomic E-state index is 12.8. The van der Waals surface area contributed by atoms with Gasteiger partial charge in [0.1, 0.15) is 5.75 Å². The summed E-state index contributed by atoms with van der Waals surface area (Å²) < 4.78 is 28.1. The van der Waals surface area contributed by atoms with Gasteiger partial charge in [0.25, 0.3) is 0 Å². The summed E-state index contributed by atoms with van der Waals surface area (Å²) in [4.78, 5) is 14.5. The molecule has 2 amide bonds. The molecule has 0 atom stereocenters. The number of para-hydroxylation sites is 1. The molecule has 2 rings (SSSR count). The third kappa shape index (κ3) is 7.10. The highest BCUT2D eigenvalue weighted by Gasteiger charge is 2.18. The van der Waals surface area contributed by atoms with E-state index in [1.807, 2.05) is 13.8 Å². The number of hydrogen-bond acceptors (Lipinski definition) is 4. The molecule has 0 saturated carbocycles. The molecule has 0 spiro atoms. The standard InChI is InChI=1S/C20H24Cl2N2O4S/c1-4-29(26,27)28-16-10-8-15(9-11-16)13-24(12-14(2)3)20(25)23-19-17(21)6-5-7-18(19)22/h5-11,14H,4,12-13H2,1-3H3,(H,23,25). The SMILES string of the molecule is CCS(=O)(=O)Oc1ccc(CN(CC(C)C)C(=O)Nc2c(Cl)cccc2Cl)cc1. The molecule has 158 valence electrons. The lowest BCUT2D eigenvalue weighted by Crippen LogP contribution is -2.37. The molecule has 0 aromatic heterocycles. The number of nitrogens with zero attached hydrogens (tertiary/aromatic N) is 1. The number of urea groups is 1. The summed E-state index contributed by atoms with van der Waals surface area (Å²) in [6.45, 7) is 6.37. The second-order valence-corrected chi connectivity index (χ2v) is 9.55. The van der Waals surface area contributed by atoms with Gasteiger partial charge in [0.15, 0.2) is 0 Å². The van der Waals surface area contributed by atoms with Crippen LogP contribution in [0, 0.1) is 5.92 Å². The largest absolute Gasteiger partial charge is 0.382 e. The Morgan fingerprint density at radius 1 is 1.10 bits per heavy atom. The van der Waals surface area contributed by atoms with Gasteiger partial charge < -0.3 is 14.4 Å². The molecule has 0 aliphatic rings. The first-order valence-corrected chi connectivity index (χ1v) is 11.5. The van der Waals surface area contributed by atoms with E-state index >= 15 is 0 Å². The fourth-order valence-corrected chi connectivity index (χ4v) is 3.55. The molecule has 1 N–H and O–H groups in total. The van der Waals surface area contributed by atoms with Crippen LogP contribution in [0.15, 0.2) is 42.5 Å². The topological polar surface area (TPSA) is 75.7 Å². The number of amides is 2. The van der Waals surface area contributed by atoms with Crippen LogP contribution in [0.5, 0.6) is 5.75 Å². The van der Waals surface area contributed by atoms with Crippen molar-refractivity contribution in [1.29, 1.82) is 0 Å². The van der Waals surface area contributed by atoms with E-state index in [0.29, 0.717) is 28.8 Å². The second-order valence-electron chi connectivity index (χ2n) is 6.87. The van der Waals surface area contributed by atoms with Crippen LogP contribution in [-0.2, 0) is 16.7 Å². The maximum Gasteiger partial charge on any atom is 0.322 e. The van der Waals surface area contributed by atoms with Crippen molar-refractivity contribution in [3.63, 3.8) is 0 Å². The quantitative estimate of drug-likeness (QED) is 0.536. The summed E-state index contributed by atoms with van der Waals surface area (Å²) in [6, 6.07) is 11.3. The van der Waals surface area contributed by atoms with Crippen LogP contribution < -0.4 is 9.50 Å². The van der Waals surface area contributed by atoms with Crippen LogP contribution in [0.2, 0.25) is 10.0 Å². The molecule has 0 fully saturated rings. The number of nitrogens with one attached hydrogen (secondary N) is 1. The summed E-state index contributed by atoms with van der Waals surface area (Å²) in [5.74, 6) is 0.361. The molecule has 29 heavy (non-hydrogen) atoms. The van der Waals surface area contributed by atoms with E-state index in [9.17, 15) is 13.2 Å². The van der Waals surface area contributed by atoms with Gasteiger partial charge >= 0.3 is 16.1 Å². The molecule has 2 aromatic carbocycles. The van der Waals surface area contributed by atoms with Gasteiger partial charge in [-0.3, -0.25) is 0 Å². The monoisotopic (exact) mass is 458 g/mol. The van der Waals surface area contributed by atoms with Crippen molar-refractivity contribution in [3.8, 4) is 5.75 Å². The lowest BCUT2D eigenvalue weighted by molar-refractivity contribution is 0.201. The smallest absolute Gasteiger partial charge is 0.322 e. The number of rotatable bonds is 8. The van der Waals surface area contributed by atoms with Gasteiger partial charge in [-0.25, -0.2) is 4.79 Å². The minimum absolute atomic E-state index is 0.109. The van der Waals surface area contributed by atoms with E-state index in [1.54, 1.807) is 47.4 Å². The van der Waals surface area contributed by atoms with Crippen molar-refractivity contribution in [2.24, 2.45) is 5.92 Å². The van der Waals surface area contributed by atoms with Crippen molar-refractivity contribution in [1.82, 2.24) is 4.90 Å². The molecule has 0 bridgehead atoms. The third-order valence-electron chi connectivity index (χ3n) is 3.94. The molecule has 0 unspecified atom stereocenters. The van der Waals surface area contributed by atoms with Gasteiger partial charge in [-0.05, 0) is 42.7 Å². The van der Waals surface area contributed by atoms with Crippen LogP contribution in [0.4, 0.5) is 10.5 Å². The third-order valence-corrected chi connectivity index (χ3v) is 5.72. The average molecular weight is 459 g/mol.